The number of nitrogens with zero attached hydrogens (tertiary/aromatic N) is 2. The van der Waals surface area contributed by atoms with Crippen LogP contribution in [-0.2, 0) is 4.74 Å². The molecule has 1 fully saturated rings. The molecule has 0 unspecified atom stereocenters. The van der Waals surface area contributed by atoms with Crippen LogP contribution in [0.1, 0.15) is 57.9 Å². The van der Waals surface area contributed by atoms with E-state index in [1.54, 1.807) is 19.0 Å². The first-order valence-electron chi connectivity index (χ1n) is 10.9. The second kappa shape index (κ2) is 11.7. The van der Waals surface area contributed by atoms with Crippen molar-refractivity contribution in [1.29, 1.82) is 0 Å². The smallest absolute Gasteiger partial charge is 0.409 e. The molecule has 7 nitrogen and oxygen atoms in total. The zero-order chi connectivity index (χ0) is 22.1. The normalized spacial score (nSPS) is 15.5. The highest BCUT2D eigenvalue weighted by Gasteiger charge is 2.17. The van der Waals surface area contributed by atoms with E-state index in [2.05, 4.69) is 13.8 Å². The van der Waals surface area contributed by atoms with Gasteiger partial charge in [0.1, 0.15) is 12.4 Å². The summed E-state index contributed by atoms with van der Waals surface area (Å²) >= 11 is 0. The summed E-state index contributed by atoms with van der Waals surface area (Å²) in [6.45, 7) is 4.89. The van der Waals surface area contributed by atoms with Gasteiger partial charge in [0.15, 0.2) is 0 Å². The maximum atomic E-state index is 12.2. The van der Waals surface area contributed by atoms with Crippen molar-refractivity contribution in [2.75, 3.05) is 27.2 Å². The van der Waals surface area contributed by atoms with Crippen LogP contribution >= 0.6 is 0 Å². The van der Waals surface area contributed by atoms with Gasteiger partial charge < -0.3 is 25.1 Å². The third-order valence-corrected chi connectivity index (χ3v) is 5.44. The lowest BCUT2D eigenvalue weighted by Gasteiger charge is -2.23. The van der Waals surface area contributed by atoms with E-state index in [0.717, 1.165) is 30.6 Å². The minimum atomic E-state index is -0.390. The SMILES string of the molecule is CC(C)CCN(C)C(=O)OC/C(=C(/N)c1ccc(OC2CCCCC2)cc1)N(C)N. The standard InChI is InChI=1S/C23H38N4O3/c1-17(2)14-15-26(3)23(28)29-16-21(27(4)25)22(24)18-10-12-20(13-11-18)30-19-8-6-5-7-9-19/h10-13,17,19H,5-9,14-16,24-25H2,1-4H3/b22-21-. The van der Waals surface area contributed by atoms with Crippen molar-refractivity contribution >= 4 is 11.8 Å². The highest BCUT2D eigenvalue weighted by Crippen LogP contribution is 2.25. The summed E-state index contributed by atoms with van der Waals surface area (Å²) < 4.78 is 11.5. The third-order valence-electron chi connectivity index (χ3n) is 5.44. The van der Waals surface area contributed by atoms with Gasteiger partial charge in [-0.1, -0.05) is 20.3 Å². The Hall–Kier alpha value is -2.41. The maximum absolute atomic E-state index is 12.2. The van der Waals surface area contributed by atoms with Crippen molar-refractivity contribution in [3.63, 3.8) is 0 Å². The number of amides is 1. The van der Waals surface area contributed by atoms with Gasteiger partial charge in [0.25, 0.3) is 0 Å². The van der Waals surface area contributed by atoms with Gasteiger partial charge in [0.2, 0.25) is 0 Å². The van der Waals surface area contributed by atoms with Crippen molar-refractivity contribution in [3.8, 4) is 5.75 Å². The molecule has 0 saturated heterocycles. The van der Waals surface area contributed by atoms with Crippen LogP contribution in [0.2, 0.25) is 0 Å². The van der Waals surface area contributed by atoms with Crippen LogP contribution in [-0.4, -0.2) is 49.4 Å². The first-order valence-corrected chi connectivity index (χ1v) is 10.9. The number of benzene rings is 1. The Kier molecular flexibility index (Phi) is 9.30. The Morgan fingerprint density at radius 1 is 1.13 bits per heavy atom. The van der Waals surface area contributed by atoms with E-state index in [9.17, 15) is 4.79 Å². The molecule has 0 heterocycles. The van der Waals surface area contributed by atoms with Gasteiger partial charge in [-0.15, -0.1) is 0 Å². The van der Waals surface area contributed by atoms with Crippen LogP contribution in [0, 0.1) is 5.92 Å². The van der Waals surface area contributed by atoms with E-state index in [4.69, 9.17) is 21.1 Å². The molecule has 1 aromatic rings. The van der Waals surface area contributed by atoms with Gasteiger partial charge in [-0.25, -0.2) is 10.6 Å². The number of carbonyl (C=O) groups excluding carboxylic acids is 1. The lowest BCUT2D eigenvalue weighted by molar-refractivity contribution is 0.112. The number of hydrogen-bond donors (Lipinski definition) is 2. The lowest BCUT2D eigenvalue weighted by Crippen LogP contribution is -2.34. The fourth-order valence-electron chi connectivity index (χ4n) is 3.41. The molecule has 0 spiro atoms. The zero-order valence-electron chi connectivity index (χ0n) is 18.9. The molecular weight excluding hydrogens is 380 g/mol. The number of likely N-dealkylation sites (N-methyl/N-ethyl adjacent to an activating group) is 1. The van der Waals surface area contributed by atoms with E-state index in [1.165, 1.54) is 24.3 Å². The predicted octanol–water partition coefficient (Wildman–Crippen LogP) is 3.95. The third kappa shape index (κ3) is 7.44. The van der Waals surface area contributed by atoms with Gasteiger partial charge in [-0.05, 0) is 67.9 Å². The number of ether oxygens (including phenoxy) is 2. The summed E-state index contributed by atoms with van der Waals surface area (Å²) in [5, 5.41) is 1.39. The van der Waals surface area contributed by atoms with E-state index >= 15 is 0 Å². The Morgan fingerprint density at radius 2 is 1.77 bits per heavy atom. The van der Waals surface area contributed by atoms with Gasteiger partial charge in [0, 0.05) is 20.6 Å². The summed E-state index contributed by atoms with van der Waals surface area (Å²) in [5.74, 6) is 7.32. The van der Waals surface area contributed by atoms with E-state index < -0.39 is 0 Å². The van der Waals surface area contributed by atoms with E-state index in [1.807, 2.05) is 24.3 Å². The Morgan fingerprint density at radius 3 is 2.33 bits per heavy atom. The summed E-state index contributed by atoms with van der Waals surface area (Å²) in [6, 6.07) is 7.68. The van der Waals surface area contributed by atoms with Gasteiger partial charge in [-0.2, -0.15) is 0 Å². The molecule has 1 aliphatic carbocycles. The molecule has 0 atom stereocenters. The van der Waals surface area contributed by atoms with Gasteiger partial charge >= 0.3 is 6.09 Å². The molecular formula is C23H38N4O3. The molecule has 1 saturated carbocycles. The summed E-state index contributed by atoms with van der Waals surface area (Å²) in [5.41, 5.74) is 8.17. The highest BCUT2D eigenvalue weighted by molar-refractivity contribution is 5.69. The number of hydrazine groups is 1. The van der Waals surface area contributed by atoms with Crippen LogP contribution in [0.15, 0.2) is 30.0 Å². The first kappa shape index (κ1) is 23.9. The molecule has 2 rings (SSSR count). The van der Waals surface area contributed by atoms with Crippen LogP contribution in [0.25, 0.3) is 5.70 Å². The second-order valence-electron chi connectivity index (χ2n) is 8.53. The number of hydrogen-bond acceptors (Lipinski definition) is 6. The quantitative estimate of drug-likeness (QED) is 0.466. The van der Waals surface area contributed by atoms with Crippen molar-refractivity contribution in [2.24, 2.45) is 17.5 Å². The Labute approximate surface area is 180 Å². The molecule has 1 aliphatic rings. The molecule has 0 radical (unpaired) electrons. The fourth-order valence-corrected chi connectivity index (χ4v) is 3.41. The van der Waals surface area contributed by atoms with E-state index in [-0.39, 0.29) is 12.7 Å². The van der Waals surface area contributed by atoms with Crippen LogP contribution in [0.4, 0.5) is 4.79 Å². The van der Waals surface area contributed by atoms with Crippen molar-refractivity contribution in [2.45, 2.75) is 58.5 Å². The van der Waals surface area contributed by atoms with E-state index in [0.29, 0.717) is 30.0 Å². The molecule has 30 heavy (non-hydrogen) atoms. The van der Waals surface area contributed by atoms with Crippen molar-refractivity contribution < 1.29 is 14.3 Å². The van der Waals surface area contributed by atoms with Gasteiger partial charge in [0.05, 0.1) is 17.5 Å². The highest BCUT2D eigenvalue weighted by atomic mass is 16.6. The minimum absolute atomic E-state index is 0.00398. The zero-order valence-corrected chi connectivity index (χ0v) is 18.9. The van der Waals surface area contributed by atoms with Crippen molar-refractivity contribution in [1.82, 2.24) is 9.91 Å². The second-order valence-corrected chi connectivity index (χ2v) is 8.53. The fraction of sp³-hybridized carbons (Fsp3) is 0.609. The molecule has 4 N–H and O–H groups in total. The average molecular weight is 419 g/mol. The maximum Gasteiger partial charge on any atom is 0.409 e. The largest absolute Gasteiger partial charge is 0.490 e. The monoisotopic (exact) mass is 418 g/mol. The van der Waals surface area contributed by atoms with Crippen LogP contribution in [0.5, 0.6) is 5.75 Å². The minimum Gasteiger partial charge on any atom is -0.490 e. The summed E-state index contributed by atoms with van der Waals surface area (Å²) in [7, 11) is 3.41. The van der Waals surface area contributed by atoms with Gasteiger partial charge in [-0.3, -0.25) is 0 Å². The lowest BCUT2D eigenvalue weighted by atomic mass is 9.98. The summed E-state index contributed by atoms with van der Waals surface area (Å²) in [4.78, 5) is 13.8. The van der Waals surface area contributed by atoms with Crippen LogP contribution in [0.3, 0.4) is 0 Å². The molecule has 1 amide bonds. The van der Waals surface area contributed by atoms with Crippen molar-refractivity contribution in [3.05, 3.63) is 35.5 Å². The molecule has 0 bridgehead atoms. The predicted molar refractivity (Wildman–Crippen MR) is 120 cm³/mol. The topological polar surface area (TPSA) is 94.0 Å². The number of rotatable bonds is 9. The Balaban J connectivity index is 2.00. The molecule has 168 valence electrons. The summed E-state index contributed by atoms with van der Waals surface area (Å²) in [6.07, 6.45) is 6.82. The van der Waals surface area contributed by atoms with Crippen LogP contribution < -0.4 is 16.3 Å². The number of nitrogens with two attached hydrogens (primary N) is 2. The number of carbonyl (C=O) groups is 1. The molecule has 0 aromatic heterocycles. The average Bonchev–Trinajstić information content (AvgIpc) is 2.72. The molecule has 0 aliphatic heterocycles. The molecule has 1 aromatic carbocycles. The first-order chi connectivity index (χ1) is 14.3. The molecule has 7 heteroatoms. The Bertz CT molecular complexity index is 695.